The molecule has 0 radical (unpaired) electrons. The average Bonchev–Trinajstić information content (AvgIpc) is 2.92. The molecule has 1 aliphatic carbocycles. The van der Waals surface area contributed by atoms with E-state index in [4.69, 9.17) is 5.73 Å². The zero-order chi connectivity index (χ0) is 10.7. The summed E-state index contributed by atoms with van der Waals surface area (Å²) in [6, 6.07) is 0. The highest BCUT2D eigenvalue weighted by molar-refractivity contribution is 5.08. The topological polar surface area (TPSA) is 38.0 Å². The number of nitrogens with two attached hydrogens (primary N) is 1. The van der Waals surface area contributed by atoms with Crippen molar-refractivity contribution < 1.29 is 0 Å². The van der Waals surface area contributed by atoms with Gasteiger partial charge in [0.05, 0.1) is 0 Å². The Balaban J connectivity index is 2.38. The third kappa shape index (κ3) is 2.37. The number of hydrogen-bond donors (Lipinski definition) is 2. The summed E-state index contributed by atoms with van der Waals surface area (Å²) < 4.78 is 0. The van der Waals surface area contributed by atoms with Crippen molar-refractivity contribution in [1.29, 1.82) is 0 Å². The molecular formula is C12H24N2. The van der Waals surface area contributed by atoms with Crippen molar-refractivity contribution >= 4 is 0 Å². The van der Waals surface area contributed by atoms with Gasteiger partial charge in [-0.25, -0.2) is 0 Å². The molecule has 1 aliphatic rings. The van der Waals surface area contributed by atoms with Gasteiger partial charge in [0.1, 0.15) is 0 Å². The summed E-state index contributed by atoms with van der Waals surface area (Å²) in [6.45, 7) is 8.43. The standard InChI is InChI=1S/C12H24N2/c1-4-5-6-9-14-12(3,10-13)11(2)7-8-11/h4-5,14H,6-10,13H2,1-3H3/b5-4+. The van der Waals surface area contributed by atoms with Crippen LogP contribution in [0.25, 0.3) is 0 Å². The van der Waals surface area contributed by atoms with E-state index in [2.05, 4.69) is 38.2 Å². The lowest BCUT2D eigenvalue weighted by Gasteiger charge is -2.36. The number of allylic oxidation sites excluding steroid dienone is 1. The molecule has 2 nitrogen and oxygen atoms in total. The smallest absolute Gasteiger partial charge is 0.0329 e. The molecule has 0 heterocycles. The summed E-state index contributed by atoms with van der Waals surface area (Å²) >= 11 is 0. The zero-order valence-corrected chi connectivity index (χ0v) is 9.77. The Labute approximate surface area is 87.9 Å². The van der Waals surface area contributed by atoms with Gasteiger partial charge in [-0.1, -0.05) is 19.1 Å². The van der Waals surface area contributed by atoms with Crippen molar-refractivity contribution in [3.8, 4) is 0 Å². The van der Waals surface area contributed by atoms with Gasteiger partial charge >= 0.3 is 0 Å². The molecule has 2 heteroatoms. The third-order valence-electron chi connectivity index (χ3n) is 3.80. The van der Waals surface area contributed by atoms with Crippen molar-refractivity contribution in [2.24, 2.45) is 11.1 Å². The molecule has 3 N–H and O–H groups in total. The summed E-state index contributed by atoms with van der Waals surface area (Å²) in [5.74, 6) is 0. The van der Waals surface area contributed by atoms with Crippen LogP contribution in [0.3, 0.4) is 0 Å². The second kappa shape index (κ2) is 4.45. The maximum Gasteiger partial charge on any atom is 0.0329 e. The van der Waals surface area contributed by atoms with Crippen LogP contribution in [0, 0.1) is 5.41 Å². The van der Waals surface area contributed by atoms with Gasteiger partial charge in [-0.05, 0) is 45.1 Å². The van der Waals surface area contributed by atoms with Gasteiger partial charge in [0.25, 0.3) is 0 Å². The average molecular weight is 196 g/mol. The SMILES string of the molecule is C/C=C/CCNC(C)(CN)C1(C)CC1. The summed E-state index contributed by atoms with van der Waals surface area (Å²) in [5.41, 5.74) is 6.44. The summed E-state index contributed by atoms with van der Waals surface area (Å²) in [4.78, 5) is 0. The second-order valence-electron chi connectivity index (χ2n) is 4.88. The Morgan fingerprint density at radius 2 is 2.14 bits per heavy atom. The van der Waals surface area contributed by atoms with Gasteiger partial charge in [-0.3, -0.25) is 0 Å². The summed E-state index contributed by atoms with van der Waals surface area (Å²) in [6.07, 6.45) is 8.02. The fourth-order valence-electron chi connectivity index (χ4n) is 1.87. The largest absolute Gasteiger partial charge is 0.329 e. The van der Waals surface area contributed by atoms with Gasteiger partial charge in [-0.2, -0.15) is 0 Å². The lowest BCUT2D eigenvalue weighted by atomic mass is 9.84. The van der Waals surface area contributed by atoms with Gasteiger partial charge < -0.3 is 11.1 Å². The lowest BCUT2D eigenvalue weighted by Crippen LogP contribution is -2.54. The zero-order valence-electron chi connectivity index (χ0n) is 9.77. The van der Waals surface area contributed by atoms with E-state index in [9.17, 15) is 0 Å². The minimum Gasteiger partial charge on any atom is -0.329 e. The van der Waals surface area contributed by atoms with E-state index in [1.807, 2.05) is 0 Å². The Kier molecular flexibility index (Phi) is 3.73. The Bertz CT molecular complexity index is 206. The van der Waals surface area contributed by atoms with Crippen molar-refractivity contribution in [1.82, 2.24) is 5.32 Å². The molecule has 0 aromatic rings. The molecule has 0 bridgehead atoms. The van der Waals surface area contributed by atoms with Gasteiger partial charge in [0, 0.05) is 12.1 Å². The molecule has 0 amide bonds. The molecule has 0 spiro atoms. The van der Waals surface area contributed by atoms with E-state index in [0.717, 1.165) is 19.5 Å². The monoisotopic (exact) mass is 196 g/mol. The van der Waals surface area contributed by atoms with E-state index < -0.39 is 0 Å². The van der Waals surface area contributed by atoms with Gasteiger partial charge in [0.2, 0.25) is 0 Å². The summed E-state index contributed by atoms with van der Waals surface area (Å²) in [7, 11) is 0. The third-order valence-corrected chi connectivity index (χ3v) is 3.80. The number of hydrogen-bond acceptors (Lipinski definition) is 2. The second-order valence-corrected chi connectivity index (χ2v) is 4.88. The first-order valence-electron chi connectivity index (χ1n) is 5.64. The normalized spacial score (nSPS) is 23.7. The van der Waals surface area contributed by atoms with Crippen molar-refractivity contribution in [2.45, 2.75) is 45.6 Å². The predicted molar refractivity (Wildman–Crippen MR) is 62.2 cm³/mol. The molecule has 0 aromatic heterocycles. The first kappa shape index (κ1) is 11.7. The Morgan fingerprint density at radius 1 is 1.50 bits per heavy atom. The van der Waals surface area contributed by atoms with Crippen LogP contribution < -0.4 is 11.1 Å². The summed E-state index contributed by atoms with van der Waals surface area (Å²) in [5, 5.41) is 3.61. The van der Waals surface area contributed by atoms with Crippen LogP contribution in [0.15, 0.2) is 12.2 Å². The van der Waals surface area contributed by atoms with Crippen LogP contribution >= 0.6 is 0 Å². The molecular weight excluding hydrogens is 172 g/mol. The maximum atomic E-state index is 5.87. The van der Waals surface area contributed by atoms with Crippen molar-refractivity contribution in [2.75, 3.05) is 13.1 Å². The minimum atomic E-state index is 0.134. The van der Waals surface area contributed by atoms with Gasteiger partial charge in [0.15, 0.2) is 0 Å². The maximum absolute atomic E-state index is 5.87. The molecule has 14 heavy (non-hydrogen) atoms. The number of nitrogens with one attached hydrogen (secondary N) is 1. The van der Waals surface area contributed by atoms with E-state index in [0.29, 0.717) is 5.41 Å². The highest BCUT2D eigenvalue weighted by atomic mass is 15.0. The molecule has 82 valence electrons. The molecule has 1 atom stereocenters. The fraction of sp³-hybridized carbons (Fsp3) is 0.833. The highest BCUT2D eigenvalue weighted by Crippen LogP contribution is 2.53. The first-order valence-corrected chi connectivity index (χ1v) is 5.64. The lowest BCUT2D eigenvalue weighted by molar-refractivity contribution is 0.234. The van der Waals surface area contributed by atoms with E-state index in [1.54, 1.807) is 0 Å². The number of rotatable bonds is 6. The van der Waals surface area contributed by atoms with Crippen molar-refractivity contribution in [3.05, 3.63) is 12.2 Å². The fourth-order valence-corrected chi connectivity index (χ4v) is 1.87. The van der Waals surface area contributed by atoms with Crippen LogP contribution in [0.1, 0.15) is 40.0 Å². The molecule has 1 rings (SSSR count). The highest BCUT2D eigenvalue weighted by Gasteiger charge is 2.51. The molecule has 0 saturated heterocycles. The van der Waals surface area contributed by atoms with E-state index >= 15 is 0 Å². The Hall–Kier alpha value is -0.340. The van der Waals surface area contributed by atoms with Gasteiger partial charge in [-0.15, -0.1) is 0 Å². The van der Waals surface area contributed by atoms with Crippen LogP contribution in [-0.2, 0) is 0 Å². The molecule has 0 aromatic carbocycles. The van der Waals surface area contributed by atoms with Crippen LogP contribution in [0.4, 0.5) is 0 Å². The Morgan fingerprint density at radius 3 is 2.57 bits per heavy atom. The van der Waals surface area contributed by atoms with Crippen LogP contribution in [0.5, 0.6) is 0 Å². The molecule has 1 saturated carbocycles. The molecule has 1 unspecified atom stereocenters. The van der Waals surface area contributed by atoms with E-state index in [1.165, 1.54) is 12.8 Å². The minimum absolute atomic E-state index is 0.134. The molecule has 0 aliphatic heterocycles. The predicted octanol–water partition coefficient (Wildman–Crippen LogP) is 2.06. The van der Waals surface area contributed by atoms with Crippen LogP contribution in [0.2, 0.25) is 0 Å². The molecule has 1 fully saturated rings. The quantitative estimate of drug-likeness (QED) is 0.504. The van der Waals surface area contributed by atoms with E-state index in [-0.39, 0.29) is 5.54 Å². The van der Waals surface area contributed by atoms with Crippen LogP contribution in [-0.4, -0.2) is 18.6 Å². The van der Waals surface area contributed by atoms with Crippen molar-refractivity contribution in [3.63, 3.8) is 0 Å². The first-order chi connectivity index (χ1) is 6.58.